The number of rotatable bonds is 4. The molecule has 0 atom stereocenters. The van der Waals surface area contributed by atoms with Gasteiger partial charge in [0.05, 0.1) is 12.8 Å². The molecular formula is C15H18N2O2. The van der Waals surface area contributed by atoms with Crippen molar-refractivity contribution in [3.63, 3.8) is 0 Å². The highest BCUT2D eigenvalue weighted by molar-refractivity contribution is 5.67. The van der Waals surface area contributed by atoms with Crippen LogP contribution in [0.4, 0.5) is 0 Å². The molecule has 0 aliphatic carbocycles. The van der Waals surface area contributed by atoms with Gasteiger partial charge in [-0.2, -0.15) is 0 Å². The van der Waals surface area contributed by atoms with Crippen LogP contribution in [-0.2, 0) is 13.1 Å². The summed E-state index contributed by atoms with van der Waals surface area (Å²) in [5.41, 5.74) is 7.93. The highest BCUT2D eigenvalue weighted by Crippen LogP contribution is 2.28. The van der Waals surface area contributed by atoms with Gasteiger partial charge in [0.1, 0.15) is 5.75 Å². The van der Waals surface area contributed by atoms with E-state index in [1.807, 2.05) is 37.3 Å². The normalized spacial score (nSPS) is 10.5. The van der Waals surface area contributed by atoms with Crippen LogP contribution in [0.5, 0.6) is 5.75 Å². The average molecular weight is 258 g/mol. The molecule has 0 fully saturated rings. The molecule has 0 saturated heterocycles. The van der Waals surface area contributed by atoms with Crippen LogP contribution >= 0.6 is 0 Å². The second-order valence-corrected chi connectivity index (χ2v) is 4.20. The van der Waals surface area contributed by atoms with Crippen LogP contribution in [0, 0.1) is 0 Å². The molecule has 0 amide bonds. The Morgan fingerprint density at radius 1 is 1.21 bits per heavy atom. The lowest BCUT2D eigenvalue weighted by molar-refractivity contribution is 0.416. The van der Waals surface area contributed by atoms with E-state index in [2.05, 4.69) is 0 Å². The number of pyridine rings is 1. The number of hydrogen-bond acceptors (Lipinski definition) is 3. The van der Waals surface area contributed by atoms with Gasteiger partial charge in [-0.15, -0.1) is 0 Å². The van der Waals surface area contributed by atoms with Crippen LogP contribution in [0.2, 0.25) is 0 Å². The summed E-state index contributed by atoms with van der Waals surface area (Å²) in [4.78, 5) is 12.3. The predicted molar refractivity (Wildman–Crippen MR) is 76.3 cm³/mol. The van der Waals surface area contributed by atoms with E-state index in [0.717, 1.165) is 17.0 Å². The first-order chi connectivity index (χ1) is 9.22. The SMILES string of the molecule is CCn1c(-c2ccccc2OC)ccc(CN)c1=O. The summed E-state index contributed by atoms with van der Waals surface area (Å²) in [5.74, 6) is 0.754. The summed E-state index contributed by atoms with van der Waals surface area (Å²) in [6.07, 6.45) is 0. The molecule has 1 heterocycles. The van der Waals surface area contributed by atoms with E-state index in [-0.39, 0.29) is 12.1 Å². The fourth-order valence-electron chi connectivity index (χ4n) is 2.18. The molecule has 4 heteroatoms. The van der Waals surface area contributed by atoms with Gasteiger partial charge in [0.15, 0.2) is 0 Å². The molecule has 0 bridgehead atoms. The lowest BCUT2D eigenvalue weighted by Gasteiger charge is -2.15. The van der Waals surface area contributed by atoms with Crippen molar-refractivity contribution < 1.29 is 4.74 Å². The van der Waals surface area contributed by atoms with Crippen LogP contribution < -0.4 is 16.0 Å². The van der Waals surface area contributed by atoms with Gasteiger partial charge in [-0.1, -0.05) is 18.2 Å². The van der Waals surface area contributed by atoms with Crippen molar-refractivity contribution in [2.45, 2.75) is 20.0 Å². The number of benzene rings is 1. The minimum Gasteiger partial charge on any atom is -0.496 e. The third-order valence-electron chi connectivity index (χ3n) is 3.17. The van der Waals surface area contributed by atoms with E-state index in [9.17, 15) is 4.79 Å². The van der Waals surface area contributed by atoms with Gasteiger partial charge in [0.2, 0.25) is 0 Å². The number of nitrogens with zero attached hydrogens (tertiary/aromatic N) is 1. The van der Waals surface area contributed by atoms with Crippen molar-refractivity contribution in [1.29, 1.82) is 0 Å². The van der Waals surface area contributed by atoms with Crippen LogP contribution in [0.1, 0.15) is 12.5 Å². The van der Waals surface area contributed by atoms with Gasteiger partial charge in [-0.25, -0.2) is 0 Å². The zero-order chi connectivity index (χ0) is 13.8. The van der Waals surface area contributed by atoms with E-state index in [1.165, 1.54) is 0 Å². The van der Waals surface area contributed by atoms with Gasteiger partial charge in [-0.3, -0.25) is 4.79 Å². The molecule has 0 unspecified atom stereocenters. The summed E-state index contributed by atoms with van der Waals surface area (Å²) in [7, 11) is 1.63. The maximum atomic E-state index is 12.3. The van der Waals surface area contributed by atoms with Crippen molar-refractivity contribution in [2.24, 2.45) is 5.73 Å². The minimum atomic E-state index is -0.0339. The Kier molecular flexibility index (Phi) is 4.02. The highest BCUT2D eigenvalue weighted by atomic mass is 16.5. The van der Waals surface area contributed by atoms with Crippen molar-refractivity contribution >= 4 is 0 Å². The smallest absolute Gasteiger partial charge is 0.255 e. The van der Waals surface area contributed by atoms with E-state index in [0.29, 0.717) is 12.1 Å². The van der Waals surface area contributed by atoms with Crippen molar-refractivity contribution in [2.75, 3.05) is 7.11 Å². The first-order valence-electron chi connectivity index (χ1n) is 6.29. The third-order valence-corrected chi connectivity index (χ3v) is 3.17. The fraction of sp³-hybridized carbons (Fsp3) is 0.267. The number of para-hydroxylation sites is 1. The Balaban J connectivity index is 2.69. The van der Waals surface area contributed by atoms with Gasteiger partial charge >= 0.3 is 0 Å². The molecule has 0 saturated carbocycles. The molecule has 4 nitrogen and oxygen atoms in total. The van der Waals surface area contributed by atoms with Gasteiger partial charge in [0, 0.05) is 24.2 Å². The maximum absolute atomic E-state index is 12.3. The molecule has 1 aromatic heterocycles. The molecule has 0 spiro atoms. The number of hydrogen-bond donors (Lipinski definition) is 1. The van der Waals surface area contributed by atoms with Crippen molar-refractivity contribution in [3.8, 4) is 17.0 Å². The molecule has 100 valence electrons. The average Bonchev–Trinajstić information content (AvgIpc) is 2.46. The lowest BCUT2D eigenvalue weighted by atomic mass is 10.1. The number of aromatic nitrogens is 1. The quantitative estimate of drug-likeness (QED) is 0.912. The Bertz CT molecular complexity index is 632. The molecule has 0 aliphatic heterocycles. The monoisotopic (exact) mass is 258 g/mol. The Hall–Kier alpha value is -2.07. The van der Waals surface area contributed by atoms with Crippen LogP contribution in [0.15, 0.2) is 41.2 Å². The Morgan fingerprint density at radius 3 is 2.58 bits per heavy atom. The summed E-state index contributed by atoms with van der Waals surface area (Å²) >= 11 is 0. The third kappa shape index (κ3) is 2.39. The molecule has 2 rings (SSSR count). The first-order valence-corrected chi connectivity index (χ1v) is 6.29. The number of methoxy groups -OCH3 is 1. The molecule has 0 aliphatic rings. The maximum Gasteiger partial charge on any atom is 0.255 e. The molecule has 19 heavy (non-hydrogen) atoms. The summed E-state index contributed by atoms with van der Waals surface area (Å²) in [6, 6.07) is 11.4. The largest absolute Gasteiger partial charge is 0.496 e. The first kappa shape index (κ1) is 13.4. The molecule has 1 aromatic carbocycles. The number of ether oxygens (including phenoxy) is 1. The second kappa shape index (κ2) is 5.71. The summed E-state index contributed by atoms with van der Waals surface area (Å²) in [6.45, 7) is 2.80. The topological polar surface area (TPSA) is 57.2 Å². The van der Waals surface area contributed by atoms with Crippen molar-refractivity contribution in [3.05, 3.63) is 52.3 Å². The zero-order valence-electron chi connectivity index (χ0n) is 11.2. The Labute approximate surface area is 112 Å². The number of nitrogens with two attached hydrogens (primary N) is 1. The molecule has 0 radical (unpaired) electrons. The minimum absolute atomic E-state index is 0.0339. The van der Waals surface area contributed by atoms with Crippen LogP contribution in [0.3, 0.4) is 0 Å². The van der Waals surface area contributed by atoms with Gasteiger partial charge < -0.3 is 15.0 Å². The Morgan fingerprint density at radius 2 is 1.95 bits per heavy atom. The fourth-order valence-corrected chi connectivity index (χ4v) is 2.18. The highest BCUT2D eigenvalue weighted by Gasteiger charge is 2.11. The second-order valence-electron chi connectivity index (χ2n) is 4.20. The van der Waals surface area contributed by atoms with Crippen LogP contribution in [-0.4, -0.2) is 11.7 Å². The standard InChI is InChI=1S/C15H18N2O2/c1-3-17-13(9-8-11(10-16)15(17)18)12-6-4-5-7-14(12)19-2/h4-9H,3,10,16H2,1-2H3. The van der Waals surface area contributed by atoms with E-state index in [4.69, 9.17) is 10.5 Å². The van der Waals surface area contributed by atoms with Crippen LogP contribution in [0.25, 0.3) is 11.3 Å². The molecule has 2 aromatic rings. The predicted octanol–water partition coefficient (Wildman–Crippen LogP) is 2.00. The van der Waals surface area contributed by atoms with E-state index in [1.54, 1.807) is 17.7 Å². The van der Waals surface area contributed by atoms with Gasteiger partial charge in [0.25, 0.3) is 5.56 Å². The van der Waals surface area contributed by atoms with Crippen molar-refractivity contribution in [1.82, 2.24) is 4.57 Å². The van der Waals surface area contributed by atoms with E-state index >= 15 is 0 Å². The summed E-state index contributed by atoms with van der Waals surface area (Å²) in [5, 5.41) is 0. The zero-order valence-corrected chi connectivity index (χ0v) is 11.2. The lowest BCUT2D eigenvalue weighted by Crippen LogP contribution is -2.25. The molecule has 2 N–H and O–H groups in total. The van der Waals surface area contributed by atoms with Gasteiger partial charge in [-0.05, 0) is 25.1 Å². The van der Waals surface area contributed by atoms with E-state index < -0.39 is 0 Å². The molecular weight excluding hydrogens is 240 g/mol. The summed E-state index contributed by atoms with van der Waals surface area (Å²) < 4.78 is 7.08.